The molecule has 0 aliphatic carbocycles. The van der Waals surface area contributed by atoms with E-state index in [1.165, 1.54) is 0 Å². The van der Waals surface area contributed by atoms with Crippen LogP contribution in [0.3, 0.4) is 0 Å². The molecule has 0 amide bonds. The fourth-order valence-electron chi connectivity index (χ4n) is 3.19. The lowest BCUT2D eigenvalue weighted by Crippen LogP contribution is -2.27. The number of fused-ring (bicyclic) bond motifs is 3. The lowest BCUT2D eigenvalue weighted by molar-refractivity contribution is -0.135. The molecule has 0 saturated carbocycles. The molecule has 1 aliphatic heterocycles. The van der Waals surface area contributed by atoms with Gasteiger partial charge in [-0.3, -0.25) is 4.79 Å². The molecular formula is C19H14O5. The summed E-state index contributed by atoms with van der Waals surface area (Å²) in [4.78, 5) is 24.7. The Balaban J connectivity index is 2.03. The van der Waals surface area contributed by atoms with Gasteiger partial charge in [0.15, 0.2) is 5.75 Å². The molecule has 2 heterocycles. The summed E-state index contributed by atoms with van der Waals surface area (Å²) in [5.74, 6) is 0.0668. The monoisotopic (exact) mass is 322 g/mol. The van der Waals surface area contributed by atoms with Crippen molar-refractivity contribution in [1.82, 2.24) is 0 Å². The first-order valence-corrected chi connectivity index (χ1v) is 7.58. The Labute approximate surface area is 137 Å². The zero-order chi connectivity index (χ0) is 16.7. The zero-order valence-electron chi connectivity index (χ0n) is 12.9. The molecule has 2 aromatic carbocycles. The molecular weight excluding hydrogens is 308 g/mol. The molecule has 4 rings (SSSR count). The van der Waals surface area contributed by atoms with Gasteiger partial charge in [0.25, 0.3) is 0 Å². The SMILES string of the molecule is COc1ccccc1[C@@H]1CC(=O)Oc2c1c(=O)oc1ccccc21. The number of para-hydroxylation sites is 2. The maximum absolute atomic E-state index is 12.6. The lowest BCUT2D eigenvalue weighted by atomic mass is 9.86. The summed E-state index contributed by atoms with van der Waals surface area (Å²) in [6.45, 7) is 0. The summed E-state index contributed by atoms with van der Waals surface area (Å²) >= 11 is 0. The van der Waals surface area contributed by atoms with E-state index in [0.717, 1.165) is 5.56 Å². The third kappa shape index (κ3) is 2.17. The summed E-state index contributed by atoms with van der Waals surface area (Å²) in [6.07, 6.45) is 0.0659. The Kier molecular flexibility index (Phi) is 3.34. The van der Waals surface area contributed by atoms with Crippen molar-refractivity contribution in [2.75, 3.05) is 7.11 Å². The highest BCUT2D eigenvalue weighted by Crippen LogP contribution is 2.42. The average Bonchev–Trinajstić information content (AvgIpc) is 2.61. The Morgan fingerprint density at radius 3 is 2.62 bits per heavy atom. The van der Waals surface area contributed by atoms with Crippen LogP contribution in [0.25, 0.3) is 11.0 Å². The maximum atomic E-state index is 12.6. The number of benzene rings is 2. The Hall–Kier alpha value is -3.08. The minimum atomic E-state index is -0.493. The van der Waals surface area contributed by atoms with E-state index >= 15 is 0 Å². The molecule has 1 atom stereocenters. The van der Waals surface area contributed by atoms with Crippen molar-refractivity contribution in [3.8, 4) is 11.5 Å². The van der Waals surface area contributed by atoms with Crippen LogP contribution >= 0.6 is 0 Å². The Bertz CT molecular complexity index is 1000. The van der Waals surface area contributed by atoms with Crippen LogP contribution in [0.2, 0.25) is 0 Å². The minimum absolute atomic E-state index is 0.0659. The van der Waals surface area contributed by atoms with Crippen LogP contribution in [-0.2, 0) is 4.79 Å². The molecule has 0 fully saturated rings. The van der Waals surface area contributed by atoms with Crippen molar-refractivity contribution < 1.29 is 18.7 Å². The quantitative estimate of drug-likeness (QED) is 0.535. The number of hydrogen-bond donors (Lipinski definition) is 0. The first-order chi connectivity index (χ1) is 11.7. The summed E-state index contributed by atoms with van der Waals surface area (Å²) in [6, 6.07) is 14.4. The summed E-state index contributed by atoms with van der Waals surface area (Å²) in [5, 5.41) is 0.611. The highest BCUT2D eigenvalue weighted by atomic mass is 16.5. The summed E-state index contributed by atoms with van der Waals surface area (Å²) in [7, 11) is 1.56. The molecule has 0 radical (unpaired) electrons. The second-order valence-corrected chi connectivity index (χ2v) is 5.60. The topological polar surface area (TPSA) is 65.7 Å². The normalized spacial score (nSPS) is 16.5. The predicted octanol–water partition coefficient (Wildman–Crippen LogP) is 3.24. The van der Waals surface area contributed by atoms with E-state index in [4.69, 9.17) is 13.9 Å². The van der Waals surface area contributed by atoms with Gasteiger partial charge in [0, 0.05) is 11.5 Å². The van der Waals surface area contributed by atoms with Gasteiger partial charge in [0.2, 0.25) is 0 Å². The van der Waals surface area contributed by atoms with Crippen LogP contribution in [0, 0.1) is 0 Å². The number of methoxy groups -OCH3 is 1. The first-order valence-electron chi connectivity index (χ1n) is 7.58. The predicted molar refractivity (Wildman–Crippen MR) is 87.6 cm³/mol. The van der Waals surface area contributed by atoms with Crippen LogP contribution in [0.15, 0.2) is 57.7 Å². The maximum Gasteiger partial charge on any atom is 0.343 e. The molecule has 5 heteroatoms. The molecule has 0 N–H and O–H groups in total. The van der Waals surface area contributed by atoms with Gasteiger partial charge >= 0.3 is 11.6 Å². The molecule has 0 saturated heterocycles. The van der Waals surface area contributed by atoms with E-state index in [2.05, 4.69) is 0 Å². The number of ether oxygens (including phenoxy) is 2. The Morgan fingerprint density at radius 2 is 1.79 bits per heavy atom. The fraction of sp³-hybridized carbons (Fsp3) is 0.158. The number of hydrogen-bond acceptors (Lipinski definition) is 5. The van der Waals surface area contributed by atoms with E-state index in [1.807, 2.05) is 24.3 Å². The zero-order valence-corrected chi connectivity index (χ0v) is 12.9. The molecule has 5 nitrogen and oxygen atoms in total. The largest absolute Gasteiger partial charge is 0.496 e. The smallest absolute Gasteiger partial charge is 0.343 e. The minimum Gasteiger partial charge on any atom is -0.496 e. The highest BCUT2D eigenvalue weighted by Gasteiger charge is 2.35. The molecule has 24 heavy (non-hydrogen) atoms. The van der Waals surface area contributed by atoms with Crippen molar-refractivity contribution in [2.45, 2.75) is 12.3 Å². The van der Waals surface area contributed by atoms with Crippen LogP contribution in [0.4, 0.5) is 0 Å². The third-order valence-electron chi connectivity index (χ3n) is 4.25. The van der Waals surface area contributed by atoms with E-state index in [9.17, 15) is 9.59 Å². The van der Waals surface area contributed by atoms with Gasteiger partial charge in [-0.15, -0.1) is 0 Å². The summed E-state index contributed by atoms with van der Waals surface area (Å²) in [5.41, 5.74) is 1.03. The molecule has 3 aromatic rings. The number of esters is 1. The van der Waals surface area contributed by atoms with E-state index in [0.29, 0.717) is 22.3 Å². The van der Waals surface area contributed by atoms with Gasteiger partial charge in [-0.2, -0.15) is 0 Å². The van der Waals surface area contributed by atoms with Crippen molar-refractivity contribution in [3.63, 3.8) is 0 Å². The first kappa shape index (κ1) is 14.5. The lowest BCUT2D eigenvalue weighted by Gasteiger charge is -2.25. The second kappa shape index (κ2) is 5.53. The van der Waals surface area contributed by atoms with Crippen molar-refractivity contribution >= 4 is 16.9 Å². The Morgan fingerprint density at radius 1 is 1.04 bits per heavy atom. The molecule has 0 unspecified atom stereocenters. The molecule has 1 aliphatic rings. The van der Waals surface area contributed by atoms with Gasteiger partial charge < -0.3 is 13.9 Å². The average molecular weight is 322 g/mol. The standard InChI is InChI=1S/C19H14O5/c1-22-14-8-4-2-6-11(14)13-10-16(20)24-18-12-7-3-5-9-15(12)23-19(21)17(13)18/h2-9,13H,10H2,1H3/t13-/m0/s1. The molecule has 0 spiro atoms. The van der Waals surface area contributed by atoms with Crippen LogP contribution < -0.4 is 15.1 Å². The van der Waals surface area contributed by atoms with Gasteiger partial charge in [0.05, 0.1) is 24.5 Å². The molecule has 120 valence electrons. The highest BCUT2D eigenvalue weighted by molar-refractivity contribution is 5.90. The fourth-order valence-corrected chi connectivity index (χ4v) is 3.19. The van der Waals surface area contributed by atoms with E-state index in [-0.39, 0.29) is 18.1 Å². The summed E-state index contributed by atoms with van der Waals surface area (Å²) < 4.78 is 16.2. The number of carbonyl (C=O) groups is 1. The van der Waals surface area contributed by atoms with Gasteiger partial charge in [0.1, 0.15) is 11.3 Å². The number of carbonyl (C=O) groups excluding carboxylic acids is 1. The van der Waals surface area contributed by atoms with Crippen LogP contribution in [0.5, 0.6) is 11.5 Å². The van der Waals surface area contributed by atoms with Gasteiger partial charge in [-0.05, 0) is 18.2 Å². The van der Waals surface area contributed by atoms with Crippen molar-refractivity contribution in [1.29, 1.82) is 0 Å². The third-order valence-corrected chi connectivity index (χ3v) is 4.25. The van der Waals surface area contributed by atoms with Crippen LogP contribution in [-0.4, -0.2) is 13.1 Å². The van der Waals surface area contributed by atoms with E-state index in [1.54, 1.807) is 31.4 Å². The van der Waals surface area contributed by atoms with Crippen molar-refractivity contribution in [2.24, 2.45) is 0 Å². The van der Waals surface area contributed by atoms with Crippen molar-refractivity contribution in [3.05, 3.63) is 70.1 Å². The van der Waals surface area contributed by atoms with E-state index < -0.39 is 11.5 Å². The molecule has 0 bridgehead atoms. The van der Waals surface area contributed by atoms with Gasteiger partial charge in [-0.1, -0.05) is 30.3 Å². The number of rotatable bonds is 2. The van der Waals surface area contributed by atoms with Crippen LogP contribution in [0.1, 0.15) is 23.5 Å². The van der Waals surface area contributed by atoms with Gasteiger partial charge in [-0.25, -0.2) is 4.79 Å². The molecule has 1 aromatic heterocycles. The second-order valence-electron chi connectivity index (χ2n) is 5.60.